The van der Waals surface area contributed by atoms with Crippen LogP contribution in [0.25, 0.3) is 0 Å². The van der Waals surface area contributed by atoms with Crippen LogP contribution >= 0.6 is 0 Å². The van der Waals surface area contributed by atoms with Gasteiger partial charge in [-0.1, -0.05) is 6.07 Å². The van der Waals surface area contributed by atoms with E-state index >= 15 is 0 Å². The minimum Gasteiger partial charge on any atom is -0.378 e. The molecule has 0 bridgehead atoms. The maximum Gasteiger partial charge on any atom is 0.263 e. The number of ether oxygens (including phenoxy) is 1. The van der Waals surface area contributed by atoms with Gasteiger partial charge in [-0.3, -0.25) is 14.4 Å². The molecule has 0 aliphatic carbocycles. The Labute approximate surface area is 151 Å². The van der Waals surface area contributed by atoms with E-state index < -0.39 is 5.91 Å². The van der Waals surface area contributed by atoms with Crippen LogP contribution in [0, 0.1) is 6.92 Å². The van der Waals surface area contributed by atoms with E-state index in [1.807, 2.05) is 6.92 Å². The molecule has 1 aromatic carbocycles. The number of aryl methyl sites for hydroxylation is 2. The smallest absolute Gasteiger partial charge is 0.263 e. The lowest BCUT2D eigenvalue weighted by molar-refractivity contribution is 0.0303. The molecule has 2 heterocycles. The lowest BCUT2D eigenvalue weighted by atomic mass is 10.1. The quantitative estimate of drug-likeness (QED) is 0.903. The van der Waals surface area contributed by atoms with Gasteiger partial charge in [0.1, 0.15) is 5.56 Å². The van der Waals surface area contributed by atoms with Crippen LogP contribution in [0.2, 0.25) is 0 Å². The van der Waals surface area contributed by atoms with Gasteiger partial charge in [0.15, 0.2) is 0 Å². The molecule has 1 N–H and O–H groups in total. The molecule has 1 aliphatic heterocycles. The highest BCUT2D eigenvalue weighted by molar-refractivity contribution is 6.05. The van der Waals surface area contributed by atoms with Gasteiger partial charge < -0.3 is 19.5 Å². The minimum absolute atomic E-state index is 0.0549. The van der Waals surface area contributed by atoms with Crippen molar-refractivity contribution in [3.63, 3.8) is 0 Å². The first kappa shape index (κ1) is 17.9. The molecule has 1 fully saturated rings. The maximum absolute atomic E-state index is 12.6. The Hall–Kier alpha value is -2.93. The number of nitrogens with one attached hydrogen (secondary N) is 1. The predicted molar refractivity (Wildman–Crippen MR) is 97.5 cm³/mol. The molecule has 7 nitrogen and oxygen atoms in total. The van der Waals surface area contributed by atoms with Gasteiger partial charge >= 0.3 is 0 Å². The summed E-state index contributed by atoms with van der Waals surface area (Å²) in [7, 11) is 1.59. The molecule has 1 saturated heterocycles. The van der Waals surface area contributed by atoms with Gasteiger partial charge in [0.05, 0.1) is 13.2 Å². The number of morpholine rings is 1. The first-order chi connectivity index (χ1) is 12.5. The van der Waals surface area contributed by atoms with Crippen molar-refractivity contribution in [3.05, 3.63) is 63.6 Å². The molecule has 136 valence electrons. The summed E-state index contributed by atoms with van der Waals surface area (Å²) in [4.78, 5) is 38.9. The second-order valence-corrected chi connectivity index (χ2v) is 6.23. The van der Waals surface area contributed by atoms with E-state index in [2.05, 4.69) is 5.32 Å². The zero-order valence-electron chi connectivity index (χ0n) is 14.8. The number of carbonyl (C=O) groups is 2. The predicted octanol–water partition coefficient (Wildman–Crippen LogP) is 1.42. The van der Waals surface area contributed by atoms with Crippen LogP contribution in [-0.2, 0) is 11.8 Å². The highest BCUT2D eigenvalue weighted by Crippen LogP contribution is 2.19. The van der Waals surface area contributed by atoms with E-state index in [1.54, 1.807) is 42.4 Å². The fourth-order valence-electron chi connectivity index (χ4n) is 2.80. The molecule has 0 spiro atoms. The molecule has 0 radical (unpaired) electrons. The number of anilines is 1. The van der Waals surface area contributed by atoms with Gasteiger partial charge in [0, 0.05) is 37.6 Å². The molecule has 7 heteroatoms. The van der Waals surface area contributed by atoms with Crippen LogP contribution < -0.4 is 10.9 Å². The Balaban J connectivity index is 1.83. The normalized spacial score (nSPS) is 14.2. The fraction of sp³-hybridized carbons (Fsp3) is 0.316. The van der Waals surface area contributed by atoms with Crippen LogP contribution in [0.4, 0.5) is 5.69 Å². The molecule has 0 unspecified atom stereocenters. The highest BCUT2D eigenvalue weighted by atomic mass is 16.5. The van der Waals surface area contributed by atoms with Crippen molar-refractivity contribution in [3.8, 4) is 0 Å². The summed E-state index contributed by atoms with van der Waals surface area (Å²) < 4.78 is 6.62. The van der Waals surface area contributed by atoms with Gasteiger partial charge in [-0.15, -0.1) is 0 Å². The van der Waals surface area contributed by atoms with Gasteiger partial charge in [-0.05, 0) is 36.8 Å². The summed E-state index contributed by atoms with van der Waals surface area (Å²) >= 11 is 0. The zero-order chi connectivity index (χ0) is 18.7. The SMILES string of the molecule is Cc1ccc(C(=O)N2CCOCC2)cc1NC(=O)c1cccn(C)c1=O. The average molecular weight is 355 g/mol. The average Bonchev–Trinajstić information content (AvgIpc) is 2.65. The standard InChI is InChI=1S/C19H21N3O4/c1-13-5-6-14(18(24)22-8-10-26-11-9-22)12-16(13)20-17(23)15-4-3-7-21(2)19(15)25/h3-7,12H,8-11H2,1-2H3,(H,20,23). The fourth-order valence-corrected chi connectivity index (χ4v) is 2.80. The number of benzene rings is 1. The van der Waals surface area contributed by atoms with Gasteiger partial charge in [-0.2, -0.15) is 0 Å². The van der Waals surface area contributed by atoms with Crippen LogP contribution in [0.1, 0.15) is 26.3 Å². The topological polar surface area (TPSA) is 80.6 Å². The Morgan fingerprint density at radius 3 is 2.62 bits per heavy atom. The second-order valence-electron chi connectivity index (χ2n) is 6.23. The van der Waals surface area contributed by atoms with E-state index in [0.717, 1.165) is 5.56 Å². The zero-order valence-corrected chi connectivity index (χ0v) is 14.8. The van der Waals surface area contributed by atoms with Gasteiger partial charge in [0.2, 0.25) is 0 Å². The summed E-state index contributed by atoms with van der Waals surface area (Å²) in [5, 5.41) is 2.75. The summed E-state index contributed by atoms with van der Waals surface area (Å²) in [6.07, 6.45) is 1.59. The molecule has 1 aliphatic rings. The molecular formula is C19H21N3O4. The number of amides is 2. The Kier molecular flexibility index (Phi) is 5.18. The van der Waals surface area contributed by atoms with E-state index in [9.17, 15) is 14.4 Å². The lowest BCUT2D eigenvalue weighted by Crippen LogP contribution is -2.40. The lowest BCUT2D eigenvalue weighted by Gasteiger charge is -2.27. The van der Waals surface area contributed by atoms with Crippen molar-refractivity contribution in [2.75, 3.05) is 31.6 Å². The Morgan fingerprint density at radius 2 is 1.88 bits per heavy atom. The molecule has 26 heavy (non-hydrogen) atoms. The molecule has 1 aromatic heterocycles. The van der Waals surface area contributed by atoms with Gasteiger partial charge in [-0.25, -0.2) is 0 Å². The monoisotopic (exact) mass is 355 g/mol. The summed E-state index contributed by atoms with van der Waals surface area (Å²) in [5.41, 5.74) is 1.50. The Morgan fingerprint density at radius 1 is 1.15 bits per heavy atom. The number of nitrogens with zero attached hydrogens (tertiary/aromatic N) is 2. The first-order valence-electron chi connectivity index (χ1n) is 8.42. The number of hydrogen-bond acceptors (Lipinski definition) is 4. The summed E-state index contributed by atoms with van der Waals surface area (Å²) in [5.74, 6) is -0.593. The van der Waals surface area contributed by atoms with E-state index in [-0.39, 0.29) is 17.0 Å². The Bertz CT molecular complexity index is 898. The van der Waals surface area contributed by atoms with Crippen molar-refractivity contribution >= 4 is 17.5 Å². The number of carbonyl (C=O) groups excluding carboxylic acids is 2. The highest BCUT2D eigenvalue weighted by Gasteiger charge is 2.20. The van der Waals surface area contributed by atoms with E-state index in [0.29, 0.717) is 37.6 Å². The van der Waals surface area contributed by atoms with Crippen molar-refractivity contribution < 1.29 is 14.3 Å². The van der Waals surface area contributed by atoms with Crippen molar-refractivity contribution in [1.82, 2.24) is 9.47 Å². The summed E-state index contributed by atoms with van der Waals surface area (Å²) in [6.45, 7) is 3.99. The number of aromatic nitrogens is 1. The third-order valence-electron chi connectivity index (χ3n) is 4.40. The third kappa shape index (κ3) is 3.67. The van der Waals surface area contributed by atoms with Crippen LogP contribution in [0.3, 0.4) is 0 Å². The van der Waals surface area contributed by atoms with Crippen molar-refractivity contribution in [2.45, 2.75) is 6.92 Å². The first-order valence-corrected chi connectivity index (χ1v) is 8.42. The van der Waals surface area contributed by atoms with Crippen LogP contribution in [0.5, 0.6) is 0 Å². The van der Waals surface area contributed by atoms with Crippen LogP contribution in [0.15, 0.2) is 41.3 Å². The number of hydrogen-bond donors (Lipinski definition) is 1. The molecule has 3 rings (SSSR count). The third-order valence-corrected chi connectivity index (χ3v) is 4.40. The molecular weight excluding hydrogens is 334 g/mol. The minimum atomic E-state index is -0.495. The molecule has 2 aromatic rings. The number of rotatable bonds is 3. The second kappa shape index (κ2) is 7.53. The van der Waals surface area contributed by atoms with Crippen molar-refractivity contribution in [2.24, 2.45) is 7.05 Å². The molecule has 0 atom stereocenters. The largest absolute Gasteiger partial charge is 0.378 e. The summed E-state index contributed by atoms with van der Waals surface area (Å²) in [6, 6.07) is 8.30. The van der Waals surface area contributed by atoms with E-state index in [1.165, 1.54) is 10.6 Å². The van der Waals surface area contributed by atoms with Crippen molar-refractivity contribution in [1.29, 1.82) is 0 Å². The molecule has 0 saturated carbocycles. The molecule has 2 amide bonds. The number of pyridine rings is 1. The maximum atomic E-state index is 12.6. The van der Waals surface area contributed by atoms with E-state index in [4.69, 9.17) is 4.74 Å². The van der Waals surface area contributed by atoms with Crippen LogP contribution in [-0.4, -0.2) is 47.6 Å². The van der Waals surface area contributed by atoms with Gasteiger partial charge in [0.25, 0.3) is 17.4 Å².